The van der Waals surface area contributed by atoms with Crippen molar-refractivity contribution in [3.63, 3.8) is 0 Å². The fourth-order valence-electron chi connectivity index (χ4n) is 2.37. The van der Waals surface area contributed by atoms with Gasteiger partial charge in [0.25, 0.3) is 0 Å². The first kappa shape index (κ1) is 13.0. The van der Waals surface area contributed by atoms with Crippen LogP contribution in [0.5, 0.6) is 0 Å². The topological polar surface area (TPSA) is 37.0 Å². The van der Waals surface area contributed by atoms with Gasteiger partial charge < -0.3 is 10.6 Å². The Morgan fingerprint density at radius 1 is 1.59 bits per heavy atom. The van der Waals surface area contributed by atoms with Crippen molar-refractivity contribution >= 4 is 11.3 Å². The lowest BCUT2D eigenvalue weighted by atomic mass is 10.0. The summed E-state index contributed by atoms with van der Waals surface area (Å²) in [6, 6.07) is 1.16. The predicted octanol–water partition coefficient (Wildman–Crippen LogP) is 2.72. The number of nitrogens with one attached hydrogen (secondary N) is 2. The summed E-state index contributed by atoms with van der Waals surface area (Å²) in [4.78, 5) is 4.33. The molecule has 2 atom stereocenters. The lowest BCUT2D eigenvalue weighted by Crippen LogP contribution is -2.34. The van der Waals surface area contributed by atoms with Crippen molar-refractivity contribution in [1.82, 2.24) is 15.6 Å². The maximum absolute atomic E-state index is 4.33. The highest BCUT2D eigenvalue weighted by Crippen LogP contribution is 2.15. The second kappa shape index (κ2) is 7.09. The summed E-state index contributed by atoms with van der Waals surface area (Å²) in [7, 11) is 0. The van der Waals surface area contributed by atoms with Gasteiger partial charge in [-0.2, -0.15) is 0 Å². The Balaban J connectivity index is 1.56. The molecule has 0 bridgehead atoms. The monoisotopic (exact) mass is 253 g/mol. The van der Waals surface area contributed by atoms with Crippen molar-refractivity contribution in [2.75, 3.05) is 13.1 Å². The van der Waals surface area contributed by atoms with Crippen molar-refractivity contribution in [2.45, 2.75) is 51.1 Å². The lowest BCUT2D eigenvalue weighted by molar-refractivity contribution is 0.370. The second-order valence-electron chi connectivity index (χ2n) is 4.84. The third-order valence-corrected chi connectivity index (χ3v) is 4.37. The number of hydrogen-bond acceptors (Lipinski definition) is 4. The first-order valence-electron chi connectivity index (χ1n) is 6.72. The third kappa shape index (κ3) is 4.37. The van der Waals surface area contributed by atoms with E-state index in [-0.39, 0.29) is 0 Å². The SMILES string of the molecule is CC(NCCCC1CCCCN1)c1nccs1. The molecule has 2 rings (SSSR count). The molecule has 96 valence electrons. The Kier molecular flexibility index (Phi) is 5.42. The highest BCUT2D eigenvalue weighted by atomic mass is 32.1. The van der Waals surface area contributed by atoms with Crippen LogP contribution >= 0.6 is 11.3 Å². The summed E-state index contributed by atoms with van der Waals surface area (Å²) in [6.07, 6.45) is 8.56. The van der Waals surface area contributed by atoms with E-state index >= 15 is 0 Å². The number of piperidine rings is 1. The molecule has 2 heterocycles. The van der Waals surface area contributed by atoms with Gasteiger partial charge in [0.1, 0.15) is 5.01 Å². The van der Waals surface area contributed by atoms with Gasteiger partial charge in [0.15, 0.2) is 0 Å². The van der Waals surface area contributed by atoms with E-state index in [9.17, 15) is 0 Å². The third-order valence-electron chi connectivity index (χ3n) is 3.41. The van der Waals surface area contributed by atoms with Crippen LogP contribution in [0.25, 0.3) is 0 Å². The Hall–Kier alpha value is -0.450. The van der Waals surface area contributed by atoms with Crippen LogP contribution in [0.1, 0.15) is 50.1 Å². The van der Waals surface area contributed by atoms with Crippen LogP contribution in [0.4, 0.5) is 0 Å². The fourth-order valence-corrected chi connectivity index (χ4v) is 3.04. The van der Waals surface area contributed by atoms with Crippen molar-refractivity contribution < 1.29 is 0 Å². The highest BCUT2D eigenvalue weighted by molar-refractivity contribution is 7.09. The van der Waals surface area contributed by atoms with Gasteiger partial charge in [0.05, 0.1) is 6.04 Å². The number of nitrogens with zero attached hydrogens (tertiary/aromatic N) is 1. The van der Waals surface area contributed by atoms with E-state index in [2.05, 4.69) is 22.5 Å². The summed E-state index contributed by atoms with van der Waals surface area (Å²) in [6.45, 7) is 4.50. The molecule has 0 radical (unpaired) electrons. The standard InChI is InChI=1S/C13H23N3S/c1-11(13-16-9-10-17-13)14-8-4-6-12-5-2-3-7-15-12/h9-12,14-15H,2-8H2,1H3. The van der Waals surface area contributed by atoms with Gasteiger partial charge >= 0.3 is 0 Å². The van der Waals surface area contributed by atoms with Crippen LogP contribution in [0.3, 0.4) is 0 Å². The maximum Gasteiger partial charge on any atom is 0.109 e. The summed E-state index contributed by atoms with van der Waals surface area (Å²) in [5.74, 6) is 0. The summed E-state index contributed by atoms with van der Waals surface area (Å²) in [5.41, 5.74) is 0. The van der Waals surface area contributed by atoms with Gasteiger partial charge in [0, 0.05) is 17.6 Å². The van der Waals surface area contributed by atoms with Gasteiger partial charge in [-0.25, -0.2) is 4.98 Å². The van der Waals surface area contributed by atoms with E-state index in [0.29, 0.717) is 6.04 Å². The molecule has 2 N–H and O–H groups in total. The molecular weight excluding hydrogens is 230 g/mol. The fraction of sp³-hybridized carbons (Fsp3) is 0.769. The van der Waals surface area contributed by atoms with Crippen molar-refractivity contribution in [2.24, 2.45) is 0 Å². The minimum Gasteiger partial charge on any atom is -0.314 e. The molecule has 0 aliphatic carbocycles. The van der Waals surface area contributed by atoms with Crippen LogP contribution in [0, 0.1) is 0 Å². The van der Waals surface area contributed by atoms with Gasteiger partial charge in [-0.15, -0.1) is 11.3 Å². The normalized spacial score (nSPS) is 22.5. The predicted molar refractivity (Wildman–Crippen MR) is 73.4 cm³/mol. The maximum atomic E-state index is 4.33. The largest absolute Gasteiger partial charge is 0.314 e. The molecule has 2 unspecified atom stereocenters. The summed E-state index contributed by atoms with van der Waals surface area (Å²) < 4.78 is 0. The van der Waals surface area contributed by atoms with E-state index < -0.39 is 0 Å². The smallest absolute Gasteiger partial charge is 0.109 e. The molecule has 17 heavy (non-hydrogen) atoms. The second-order valence-corrected chi connectivity index (χ2v) is 5.76. The number of hydrogen-bond donors (Lipinski definition) is 2. The average molecular weight is 253 g/mol. The van der Waals surface area contributed by atoms with Crippen LogP contribution < -0.4 is 10.6 Å². The molecule has 0 spiro atoms. The molecule has 1 aromatic rings. The first-order valence-corrected chi connectivity index (χ1v) is 7.60. The zero-order valence-corrected chi connectivity index (χ0v) is 11.4. The average Bonchev–Trinajstić information content (AvgIpc) is 2.89. The summed E-state index contributed by atoms with van der Waals surface area (Å²) >= 11 is 1.73. The molecule has 1 aliphatic rings. The minimum absolute atomic E-state index is 0.398. The van der Waals surface area contributed by atoms with Gasteiger partial charge in [-0.1, -0.05) is 6.42 Å². The van der Waals surface area contributed by atoms with Gasteiger partial charge in [-0.3, -0.25) is 0 Å². The van der Waals surface area contributed by atoms with Crippen LogP contribution in [0.15, 0.2) is 11.6 Å². The Bertz CT molecular complexity index is 294. The van der Waals surface area contributed by atoms with E-state index in [1.165, 1.54) is 43.7 Å². The quantitative estimate of drug-likeness (QED) is 0.765. The number of aromatic nitrogens is 1. The zero-order chi connectivity index (χ0) is 11.9. The first-order chi connectivity index (χ1) is 8.36. The van der Waals surface area contributed by atoms with E-state index in [1.54, 1.807) is 11.3 Å². The van der Waals surface area contributed by atoms with Crippen LogP contribution in [0.2, 0.25) is 0 Å². The highest BCUT2D eigenvalue weighted by Gasteiger charge is 2.12. The molecule has 4 heteroatoms. The molecule has 1 aliphatic heterocycles. The summed E-state index contributed by atoms with van der Waals surface area (Å²) in [5, 5.41) is 10.4. The van der Waals surface area contributed by atoms with E-state index in [4.69, 9.17) is 0 Å². The lowest BCUT2D eigenvalue weighted by Gasteiger charge is -2.23. The van der Waals surface area contributed by atoms with Crippen molar-refractivity contribution in [3.05, 3.63) is 16.6 Å². The van der Waals surface area contributed by atoms with Crippen LogP contribution in [-0.4, -0.2) is 24.1 Å². The Labute approximate surface area is 108 Å². The Morgan fingerprint density at radius 2 is 2.53 bits per heavy atom. The molecule has 3 nitrogen and oxygen atoms in total. The molecule has 1 fully saturated rings. The van der Waals surface area contributed by atoms with Gasteiger partial charge in [-0.05, 0) is 45.7 Å². The molecule has 0 saturated carbocycles. The van der Waals surface area contributed by atoms with Crippen LogP contribution in [-0.2, 0) is 0 Å². The zero-order valence-electron chi connectivity index (χ0n) is 10.6. The van der Waals surface area contributed by atoms with Crippen molar-refractivity contribution in [3.8, 4) is 0 Å². The molecular formula is C13H23N3S. The minimum atomic E-state index is 0.398. The van der Waals surface area contributed by atoms with Gasteiger partial charge in [0.2, 0.25) is 0 Å². The molecule has 1 aromatic heterocycles. The molecule has 1 saturated heterocycles. The van der Waals surface area contributed by atoms with Crippen molar-refractivity contribution in [1.29, 1.82) is 0 Å². The number of rotatable bonds is 6. The van der Waals surface area contributed by atoms with E-state index in [1.807, 2.05) is 11.6 Å². The van der Waals surface area contributed by atoms with E-state index in [0.717, 1.165) is 12.6 Å². The Morgan fingerprint density at radius 3 is 3.24 bits per heavy atom. The molecule has 0 aromatic carbocycles. The number of thiazole rings is 1. The molecule has 0 amide bonds.